The topological polar surface area (TPSA) is 27.1 Å². The molecule has 0 unspecified atom stereocenters. The first-order chi connectivity index (χ1) is 9.70. The highest BCUT2D eigenvalue weighted by molar-refractivity contribution is 5.78. The molecule has 3 heteroatoms. The number of methoxy groups -OCH3 is 1. The van der Waals surface area contributed by atoms with Crippen molar-refractivity contribution in [3.63, 3.8) is 0 Å². The molecular weight excluding hydrogens is 248 g/mol. The smallest absolute Gasteiger partial charge is 0.119 e. The molecule has 0 bridgehead atoms. The third-order valence-corrected chi connectivity index (χ3v) is 3.43. The molecule has 0 aliphatic carbocycles. The molecule has 0 aliphatic heterocycles. The van der Waals surface area contributed by atoms with Gasteiger partial charge in [0, 0.05) is 11.6 Å². The summed E-state index contributed by atoms with van der Waals surface area (Å²) >= 11 is 0. The Kier molecular flexibility index (Phi) is 3.18. The fourth-order valence-corrected chi connectivity index (χ4v) is 2.43. The minimum absolute atomic E-state index is 0.365. The first kappa shape index (κ1) is 12.7. The molecule has 0 N–H and O–H groups in total. The Balaban J connectivity index is 2.24. The van der Waals surface area contributed by atoms with Crippen LogP contribution in [0.1, 0.15) is 25.6 Å². The largest absolute Gasteiger partial charge is 0.497 e. The third kappa shape index (κ3) is 2.05. The fourth-order valence-electron chi connectivity index (χ4n) is 2.43. The highest BCUT2D eigenvalue weighted by Crippen LogP contribution is 2.26. The Morgan fingerprint density at radius 1 is 1.00 bits per heavy atom. The fraction of sp³-hybridized carbons (Fsp3) is 0.235. The lowest BCUT2D eigenvalue weighted by atomic mass is 10.2. The molecule has 0 spiro atoms. The van der Waals surface area contributed by atoms with Gasteiger partial charge in [-0.25, -0.2) is 4.98 Å². The lowest BCUT2D eigenvalue weighted by molar-refractivity contribution is 0.414. The Morgan fingerprint density at radius 3 is 2.35 bits per heavy atom. The molecule has 0 saturated carbocycles. The molecular formula is C17H18N2O. The predicted molar refractivity (Wildman–Crippen MR) is 81.7 cm³/mol. The maximum Gasteiger partial charge on any atom is 0.119 e. The number of imidazole rings is 1. The molecule has 0 amide bonds. The molecule has 1 heterocycles. The van der Waals surface area contributed by atoms with Gasteiger partial charge in [-0.2, -0.15) is 0 Å². The number of hydrogen-bond donors (Lipinski definition) is 0. The molecule has 2 aromatic carbocycles. The number of nitrogens with zero attached hydrogens (tertiary/aromatic N) is 2. The van der Waals surface area contributed by atoms with Gasteiger partial charge in [-0.3, -0.25) is 4.57 Å². The third-order valence-electron chi connectivity index (χ3n) is 3.43. The average molecular weight is 266 g/mol. The number of ether oxygens (including phenoxy) is 1. The van der Waals surface area contributed by atoms with Gasteiger partial charge < -0.3 is 4.74 Å². The van der Waals surface area contributed by atoms with Crippen LogP contribution in [0.15, 0.2) is 48.5 Å². The molecule has 3 nitrogen and oxygen atoms in total. The number of para-hydroxylation sites is 2. The van der Waals surface area contributed by atoms with E-state index in [-0.39, 0.29) is 0 Å². The second kappa shape index (κ2) is 5.00. The predicted octanol–water partition coefficient (Wildman–Crippen LogP) is 4.16. The van der Waals surface area contributed by atoms with Crippen molar-refractivity contribution in [2.75, 3.05) is 7.11 Å². The molecule has 0 radical (unpaired) electrons. The van der Waals surface area contributed by atoms with Crippen molar-refractivity contribution in [2.45, 2.75) is 19.8 Å². The highest BCUT2D eigenvalue weighted by atomic mass is 16.5. The van der Waals surface area contributed by atoms with E-state index in [4.69, 9.17) is 9.72 Å². The van der Waals surface area contributed by atoms with Crippen LogP contribution < -0.4 is 4.74 Å². The molecule has 20 heavy (non-hydrogen) atoms. The second-order valence-corrected chi connectivity index (χ2v) is 5.15. The molecule has 3 aromatic rings. The zero-order chi connectivity index (χ0) is 14.1. The van der Waals surface area contributed by atoms with Crippen LogP contribution >= 0.6 is 0 Å². The van der Waals surface area contributed by atoms with E-state index >= 15 is 0 Å². The van der Waals surface area contributed by atoms with Crippen LogP contribution in [-0.2, 0) is 0 Å². The lowest BCUT2D eigenvalue weighted by Gasteiger charge is -2.12. The van der Waals surface area contributed by atoms with Crippen molar-refractivity contribution in [1.82, 2.24) is 9.55 Å². The summed E-state index contributed by atoms with van der Waals surface area (Å²) in [5.74, 6) is 2.31. The molecule has 0 fully saturated rings. The van der Waals surface area contributed by atoms with Crippen molar-refractivity contribution in [2.24, 2.45) is 0 Å². The van der Waals surface area contributed by atoms with Crippen LogP contribution in [0.3, 0.4) is 0 Å². The van der Waals surface area contributed by atoms with Gasteiger partial charge in [-0.1, -0.05) is 26.0 Å². The van der Waals surface area contributed by atoms with Crippen molar-refractivity contribution in [1.29, 1.82) is 0 Å². The number of hydrogen-bond acceptors (Lipinski definition) is 2. The summed E-state index contributed by atoms with van der Waals surface area (Å²) in [5.41, 5.74) is 3.29. The Morgan fingerprint density at radius 2 is 1.70 bits per heavy atom. The molecule has 0 aliphatic rings. The first-order valence-electron chi connectivity index (χ1n) is 6.82. The highest BCUT2D eigenvalue weighted by Gasteiger charge is 2.14. The van der Waals surface area contributed by atoms with Gasteiger partial charge in [0.1, 0.15) is 11.6 Å². The van der Waals surface area contributed by atoms with E-state index in [1.54, 1.807) is 7.11 Å². The van der Waals surface area contributed by atoms with Crippen molar-refractivity contribution < 1.29 is 4.74 Å². The summed E-state index contributed by atoms with van der Waals surface area (Å²) in [7, 11) is 1.68. The van der Waals surface area contributed by atoms with Crippen molar-refractivity contribution in [3.05, 3.63) is 54.4 Å². The van der Waals surface area contributed by atoms with Crippen molar-refractivity contribution in [3.8, 4) is 11.4 Å². The minimum Gasteiger partial charge on any atom is -0.497 e. The Hall–Kier alpha value is -2.29. The van der Waals surface area contributed by atoms with Crippen LogP contribution in [0.4, 0.5) is 0 Å². The van der Waals surface area contributed by atoms with E-state index in [0.29, 0.717) is 5.92 Å². The maximum absolute atomic E-state index is 5.23. The minimum atomic E-state index is 0.365. The van der Waals surface area contributed by atoms with E-state index < -0.39 is 0 Å². The number of benzene rings is 2. The summed E-state index contributed by atoms with van der Waals surface area (Å²) in [5, 5.41) is 0. The monoisotopic (exact) mass is 266 g/mol. The van der Waals surface area contributed by atoms with Gasteiger partial charge in [-0.15, -0.1) is 0 Å². The van der Waals surface area contributed by atoms with Gasteiger partial charge in [0.15, 0.2) is 0 Å². The van der Waals surface area contributed by atoms with Crippen LogP contribution in [0.2, 0.25) is 0 Å². The van der Waals surface area contributed by atoms with Gasteiger partial charge in [0.05, 0.1) is 18.1 Å². The first-order valence-corrected chi connectivity index (χ1v) is 6.82. The van der Waals surface area contributed by atoms with E-state index in [9.17, 15) is 0 Å². The molecule has 1 aromatic heterocycles. The molecule has 0 saturated heterocycles. The molecule has 3 rings (SSSR count). The van der Waals surface area contributed by atoms with Crippen molar-refractivity contribution >= 4 is 11.0 Å². The summed E-state index contributed by atoms with van der Waals surface area (Å²) < 4.78 is 7.45. The summed E-state index contributed by atoms with van der Waals surface area (Å²) in [6.07, 6.45) is 0. The second-order valence-electron chi connectivity index (χ2n) is 5.15. The number of rotatable bonds is 3. The average Bonchev–Trinajstić information content (AvgIpc) is 2.87. The standard InChI is InChI=1S/C17H18N2O/c1-12(2)17-18-15-6-4-5-7-16(15)19(17)13-8-10-14(20-3)11-9-13/h4-12H,1-3H3. The number of fused-ring (bicyclic) bond motifs is 1. The van der Waals surface area contributed by atoms with Gasteiger partial charge in [0.2, 0.25) is 0 Å². The summed E-state index contributed by atoms with van der Waals surface area (Å²) in [4.78, 5) is 4.76. The summed E-state index contributed by atoms with van der Waals surface area (Å²) in [6, 6.07) is 16.3. The van der Waals surface area contributed by atoms with Gasteiger partial charge in [0.25, 0.3) is 0 Å². The van der Waals surface area contributed by atoms with Crippen LogP contribution in [0, 0.1) is 0 Å². The normalized spacial score (nSPS) is 11.2. The van der Waals surface area contributed by atoms with Crippen LogP contribution in [-0.4, -0.2) is 16.7 Å². The molecule has 102 valence electrons. The van der Waals surface area contributed by atoms with Gasteiger partial charge in [-0.05, 0) is 36.4 Å². The zero-order valence-electron chi connectivity index (χ0n) is 12.0. The lowest BCUT2D eigenvalue weighted by Crippen LogP contribution is -2.02. The van der Waals surface area contributed by atoms with Crippen LogP contribution in [0.25, 0.3) is 16.7 Å². The molecule has 0 atom stereocenters. The number of aromatic nitrogens is 2. The summed E-state index contributed by atoms with van der Waals surface area (Å²) in [6.45, 7) is 4.34. The van der Waals surface area contributed by atoms with E-state index in [0.717, 1.165) is 28.3 Å². The van der Waals surface area contributed by atoms with E-state index in [1.165, 1.54) is 0 Å². The quantitative estimate of drug-likeness (QED) is 0.711. The maximum atomic E-state index is 5.23. The Labute approximate surface area is 118 Å². The van der Waals surface area contributed by atoms with Gasteiger partial charge >= 0.3 is 0 Å². The Bertz CT molecular complexity index is 726. The van der Waals surface area contributed by atoms with Crippen LogP contribution in [0.5, 0.6) is 5.75 Å². The van der Waals surface area contributed by atoms with E-state index in [1.807, 2.05) is 24.3 Å². The SMILES string of the molecule is COc1ccc(-n2c(C(C)C)nc3ccccc32)cc1. The van der Waals surface area contributed by atoms with E-state index in [2.05, 4.69) is 42.7 Å². The zero-order valence-corrected chi connectivity index (χ0v) is 12.0.